The summed E-state index contributed by atoms with van der Waals surface area (Å²) in [5.41, 5.74) is 2.03. The first-order chi connectivity index (χ1) is 8.97. The third-order valence-corrected chi connectivity index (χ3v) is 3.88. The molecule has 5 heteroatoms. The molecule has 2 unspecified atom stereocenters. The van der Waals surface area contributed by atoms with E-state index >= 15 is 0 Å². The number of hydrogen-bond acceptors (Lipinski definition) is 3. The lowest BCUT2D eigenvalue weighted by molar-refractivity contribution is -0.130. The van der Waals surface area contributed by atoms with Crippen LogP contribution in [0.25, 0.3) is 0 Å². The molecule has 0 bridgehead atoms. The molecule has 0 spiro atoms. The minimum absolute atomic E-state index is 0.0488. The van der Waals surface area contributed by atoms with E-state index in [9.17, 15) is 15.0 Å². The second kappa shape index (κ2) is 5.90. The smallest absolute Gasteiger partial charge is 0.223 e. The van der Waals surface area contributed by atoms with Crippen LogP contribution in [0.5, 0.6) is 0 Å². The van der Waals surface area contributed by atoms with Crippen LogP contribution in [-0.4, -0.2) is 46.3 Å². The first kappa shape index (κ1) is 14.3. The number of aryl methyl sites for hydroxylation is 2. The third-order valence-electron chi connectivity index (χ3n) is 3.48. The molecule has 1 aliphatic heterocycles. The molecule has 0 saturated carbocycles. The lowest BCUT2D eigenvalue weighted by Crippen LogP contribution is -2.29. The van der Waals surface area contributed by atoms with Crippen molar-refractivity contribution in [3.8, 4) is 0 Å². The maximum Gasteiger partial charge on any atom is 0.223 e. The highest BCUT2D eigenvalue weighted by atomic mass is 35.5. The molecule has 1 fully saturated rings. The van der Waals surface area contributed by atoms with Crippen LogP contribution < -0.4 is 0 Å². The third kappa shape index (κ3) is 3.47. The average Bonchev–Trinajstić information content (AvgIpc) is 2.71. The van der Waals surface area contributed by atoms with Gasteiger partial charge in [0, 0.05) is 24.5 Å². The van der Waals surface area contributed by atoms with Gasteiger partial charge >= 0.3 is 0 Å². The van der Waals surface area contributed by atoms with Gasteiger partial charge in [-0.05, 0) is 30.5 Å². The van der Waals surface area contributed by atoms with E-state index in [2.05, 4.69) is 0 Å². The standard InChI is InChI=1S/C14H18ClNO3/c1-9-2-3-10(6-11(9)15)4-5-14(19)16-7-12(17)13(18)8-16/h2-3,6,12-13,17-18H,4-5,7-8H2,1H3. The van der Waals surface area contributed by atoms with Crippen molar-refractivity contribution in [2.45, 2.75) is 32.0 Å². The summed E-state index contributed by atoms with van der Waals surface area (Å²) >= 11 is 6.03. The molecule has 0 aliphatic carbocycles. The fourth-order valence-corrected chi connectivity index (χ4v) is 2.38. The van der Waals surface area contributed by atoms with E-state index in [1.54, 1.807) is 0 Å². The van der Waals surface area contributed by atoms with Crippen LogP contribution in [-0.2, 0) is 11.2 Å². The Morgan fingerprint density at radius 2 is 2.00 bits per heavy atom. The number of aliphatic hydroxyl groups is 2. The van der Waals surface area contributed by atoms with E-state index in [1.807, 2.05) is 25.1 Å². The predicted octanol–water partition coefficient (Wildman–Crippen LogP) is 1.15. The zero-order valence-electron chi connectivity index (χ0n) is 10.8. The van der Waals surface area contributed by atoms with Crippen LogP contribution >= 0.6 is 11.6 Å². The second-order valence-corrected chi connectivity index (χ2v) is 5.42. The maximum atomic E-state index is 11.9. The summed E-state index contributed by atoms with van der Waals surface area (Å²) in [4.78, 5) is 13.4. The summed E-state index contributed by atoms with van der Waals surface area (Å²) in [7, 11) is 0. The zero-order valence-corrected chi connectivity index (χ0v) is 11.6. The molecule has 0 radical (unpaired) electrons. The van der Waals surface area contributed by atoms with E-state index in [1.165, 1.54) is 4.90 Å². The second-order valence-electron chi connectivity index (χ2n) is 5.02. The Kier molecular flexibility index (Phi) is 4.45. The summed E-state index contributed by atoms with van der Waals surface area (Å²) in [5.74, 6) is -0.0488. The minimum Gasteiger partial charge on any atom is -0.388 e. The van der Waals surface area contributed by atoms with Gasteiger partial charge in [-0.3, -0.25) is 4.79 Å². The molecule has 1 aromatic rings. The van der Waals surface area contributed by atoms with Crippen molar-refractivity contribution < 1.29 is 15.0 Å². The summed E-state index contributed by atoms with van der Waals surface area (Å²) in [6.07, 6.45) is -0.670. The normalized spacial score (nSPS) is 22.8. The SMILES string of the molecule is Cc1ccc(CCC(=O)N2CC(O)C(O)C2)cc1Cl. The van der Waals surface area contributed by atoms with Crippen molar-refractivity contribution in [2.24, 2.45) is 0 Å². The van der Waals surface area contributed by atoms with Gasteiger partial charge in [-0.1, -0.05) is 23.7 Å². The first-order valence-electron chi connectivity index (χ1n) is 6.36. The van der Waals surface area contributed by atoms with Gasteiger partial charge in [0.15, 0.2) is 0 Å². The van der Waals surface area contributed by atoms with Gasteiger partial charge in [0.05, 0.1) is 12.2 Å². The summed E-state index contributed by atoms with van der Waals surface area (Å²) in [6, 6.07) is 5.77. The quantitative estimate of drug-likeness (QED) is 0.875. The van der Waals surface area contributed by atoms with Crippen molar-refractivity contribution in [3.63, 3.8) is 0 Å². The highest BCUT2D eigenvalue weighted by Gasteiger charge is 2.31. The fourth-order valence-electron chi connectivity index (χ4n) is 2.17. The number of carbonyl (C=O) groups is 1. The van der Waals surface area contributed by atoms with Crippen molar-refractivity contribution >= 4 is 17.5 Å². The van der Waals surface area contributed by atoms with Crippen molar-refractivity contribution in [2.75, 3.05) is 13.1 Å². The van der Waals surface area contributed by atoms with Crippen LogP contribution in [0.2, 0.25) is 5.02 Å². The number of β-amino-alcohol motifs (C(OH)–C–C–N with tert-alkyl or cyclic N) is 2. The Balaban J connectivity index is 1.88. The lowest BCUT2D eigenvalue weighted by atomic mass is 10.1. The molecule has 2 rings (SSSR count). The van der Waals surface area contributed by atoms with Gasteiger partial charge in [0.25, 0.3) is 0 Å². The van der Waals surface area contributed by atoms with Crippen molar-refractivity contribution in [1.29, 1.82) is 0 Å². The van der Waals surface area contributed by atoms with Gasteiger partial charge in [-0.2, -0.15) is 0 Å². The van der Waals surface area contributed by atoms with Crippen molar-refractivity contribution in [1.82, 2.24) is 4.90 Å². The molecule has 104 valence electrons. The molecule has 1 amide bonds. The molecule has 2 atom stereocenters. The Morgan fingerprint density at radius 3 is 2.58 bits per heavy atom. The highest BCUT2D eigenvalue weighted by Crippen LogP contribution is 2.18. The maximum absolute atomic E-state index is 11.9. The number of benzene rings is 1. The van der Waals surface area contributed by atoms with Crippen LogP contribution in [0.4, 0.5) is 0 Å². The fraction of sp³-hybridized carbons (Fsp3) is 0.500. The molecule has 2 N–H and O–H groups in total. The number of likely N-dealkylation sites (tertiary alicyclic amines) is 1. The van der Waals surface area contributed by atoms with Crippen LogP contribution in [0.3, 0.4) is 0 Å². The molecule has 19 heavy (non-hydrogen) atoms. The lowest BCUT2D eigenvalue weighted by Gasteiger charge is -2.15. The number of hydrogen-bond donors (Lipinski definition) is 2. The largest absolute Gasteiger partial charge is 0.388 e. The number of rotatable bonds is 3. The van der Waals surface area contributed by atoms with Crippen LogP contribution in [0.1, 0.15) is 17.5 Å². The van der Waals surface area contributed by atoms with E-state index in [-0.39, 0.29) is 19.0 Å². The zero-order chi connectivity index (χ0) is 14.0. The summed E-state index contributed by atoms with van der Waals surface area (Å²) in [6.45, 7) is 2.37. The van der Waals surface area contributed by atoms with E-state index < -0.39 is 12.2 Å². The Bertz CT molecular complexity index is 468. The predicted molar refractivity (Wildman–Crippen MR) is 73.1 cm³/mol. The molecule has 1 aliphatic rings. The van der Waals surface area contributed by atoms with E-state index in [0.717, 1.165) is 11.1 Å². The number of carbonyl (C=O) groups excluding carboxylic acids is 1. The number of halogens is 1. The highest BCUT2D eigenvalue weighted by molar-refractivity contribution is 6.31. The average molecular weight is 284 g/mol. The van der Waals surface area contributed by atoms with Gasteiger partial charge in [0.1, 0.15) is 0 Å². The number of nitrogens with zero attached hydrogens (tertiary/aromatic N) is 1. The van der Waals surface area contributed by atoms with Gasteiger partial charge in [-0.25, -0.2) is 0 Å². The molecule has 1 aromatic carbocycles. The van der Waals surface area contributed by atoms with E-state index in [4.69, 9.17) is 11.6 Å². The number of amides is 1. The minimum atomic E-state index is -0.822. The number of aliphatic hydroxyl groups excluding tert-OH is 2. The van der Waals surface area contributed by atoms with Crippen LogP contribution in [0, 0.1) is 6.92 Å². The molecule has 1 heterocycles. The molecule has 1 saturated heterocycles. The van der Waals surface area contributed by atoms with E-state index in [0.29, 0.717) is 17.9 Å². The van der Waals surface area contributed by atoms with Crippen LogP contribution in [0.15, 0.2) is 18.2 Å². The Morgan fingerprint density at radius 1 is 1.37 bits per heavy atom. The Hall–Kier alpha value is -1.10. The molecular formula is C14H18ClNO3. The topological polar surface area (TPSA) is 60.8 Å². The first-order valence-corrected chi connectivity index (χ1v) is 6.74. The molecular weight excluding hydrogens is 266 g/mol. The molecule has 0 aromatic heterocycles. The van der Waals surface area contributed by atoms with Gasteiger partial charge in [-0.15, -0.1) is 0 Å². The summed E-state index contributed by atoms with van der Waals surface area (Å²) in [5, 5.41) is 19.5. The summed E-state index contributed by atoms with van der Waals surface area (Å²) < 4.78 is 0. The monoisotopic (exact) mass is 283 g/mol. The van der Waals surface area contributed by atoms with Gasteiger partial charge in [0.2, 0.25) is 5.91 Å². The van der Waals surface area contributed by atoms with Gasteiger partial charge < -0.3 is 15.1 Å². The Labute approximate surface area is 117 Å². The molecule has 4 nitrogen and oxygen atoms in total. The van der Waals surface area contributed by atoms with Crippen molar-refractivity contribution in [3.05, 3.63) is 34.3 Å².